The summed E-state index contributed by atoms with van der Waals surface area (Å²) in [6, 6.07) is 8.52. The highest BCUT2D eigenvalue weighted by molar-refractivity contribution is 5.87. The molecule has 11 heteroatoms. The van der Waals surface area contributed by atoms with Gasteiger partial charge in [-0.05, 0) is 44.3 Å². The smallest absolute Gasteiger partial charge is 0.326 e. The minimum atomic E-state index is -0.896. The molecule has 3 aliphatic heterocycles. The maximum Gasteiger partial charge on any atom is 0.326 e. The van der Waals surface area contributed by atoms with Gasteiger partial charge < -0.3 is 35.0 Å². The molecule has 4 rings (SSSR count). The monoisotopic (exact) mass is 667 g/mol. The minimum absolute atomic E-state index is 0.0124. The summed E-state index contributed by atoms with van der Waals surface area (Å²) in [4.78, 5) is 44.5. The molecule has 1 aromatic rings. The number of aliphatic carboxylic acids is 1. The third kappa shape index (κ3) is 8.64. The van der Waals surface area contributed by atoms with E-state index in [0.29, 0.717) is 12.8 Å². The summed E-state index contributed by atoms with van der Waals surface area (Å²) in [7, 11) is 5.56. The lowest BCUT2D eigenvalue weighted by molar-refractivity contribution is -0.139. The number of benzene rings is 1. The number of likely N-dealkylation sites (tertiary alicyclic amines) is 1. The van der Waals surface area contributed by atoms with Crippen molar-refractivity contribution < 1.29 is 29.0 Å². The number of carbonyl (C=O) groups excluding carboxylic acids is 2. The van der Waals surface area contributed by atoms with Crippen LogP contribution in [0.4, 0.5) is 0 Å². The van der Waals surface area contributed by atoms with Gasteiger partial charge in [0.25, 0.3) is 0 Å². The van der Waals surface area contributed by atoms with E-state index in [9.17, 15) is 19.5 Å². The lowest BCUT2D eigenvalue weighted by Crippen LogP contribution is -2.53. The highest BCUT2D eigenvalue weighted by Gasteiger charge is 2.44. The Morgan fingerprint density at radius 1 is 1.06 bits per heavy atom. The van der Waals surface area contributed by atoms with Crippen LogP contribution in [0.2, 0.25) is 0 Å². The predicted molar refractivity (Wildman–Crippen MR) is 185 cm³/mol. The number of hydrogen-bond acceptors (Lipinski definition) is 8. The second kappa shape index (κ2) is 16.6. The van der Waals surface area contributed by atoms with E-state index in [0.717, 1.165) is 42.8 Å². The van der Waals surface area contributed by atoms with Crippen molar-refractivity contribution in [2.24, 2.45) is 17.8 Å². The van der Waals surface area contributed by atoms with Crippen LogP contribution in [0.5, 0.6) is 0 Å². The molecule has 0 aromatic heterocycles. The van der Waals surface area contributed by atoms with Gasteiger partial charge in [-0.25, -0.2) is 4.79 Å². The van der Waals surface area contributed by atoms with E-state index in [2.05, 4.69) is 36.3 Å². The van der Waals surface area contributed by atoms with E-state index < -0.39 is 12.0 Å². The number of likely N-dealkylation sites (N-methyl/N-ethyl adjacent to an activating group) is 2. The topological polar surface area (TPSA) is 124 Å². The zero-order valence-electron chi connectivity index (χ0n) is 30.0. The molecule has 8 atom stereocenters. The van der Waals surface area contributed by atoms with Crippen molar-refractivity contribution in [2.45, 2.75) is 103 Å². The number of hydrogen-bond donors (Lipinski definition) is 3. The van der Waals surface area contributed by atoms with E-state index in [-0.39, 0.29) is 66.4 Å². The quantitative estimate of drug-likeness (QED) is 0.242. The zero-order valence-corrected chi connectivity index (χ0v) is 30.0. The number of nitrogens with zero attached hydrogens (tertiary/aromatic N) is 3. The zero-order chi connectivity index (χ0) is 35.1. The average Bonchev–Trinajstić information content (AvgIpc) is 3.80. The van der Waals surface area contributed by atoms with E-state index in [1.54, 1.807) is 11.2 Å². The van der Waals surface area contributed by atoms with Crippen LogP contribution in [0, 0.1) is 17.8 Å². The third-order valence-electron chi connectivity index (χ3n) is 10.4. The second-order valence-corrected chi connectivity index (χ2v) is 14.3. The molecule has 0 aliphatic carbocycles. The summed E-state index contributed by atoms with van der Waals surface area (Å²) in [5, 5.41) is 16.1. The highest BCUT2D eigenvalue weighted by atomic mass is 16.5. The number of amides is 2. The van der Waals surface area contributed by atoms with Crippen LogP contribution in [0.15, 0.2) is 54.3 Å². The van der Waals surface area contributed by atoms with Crippen molar-refractivity contribution in [3.05, 3.63) is 59.8 Å². The van der Waals surface area contributed by atoms with Gasteiger partial charge in [-0.2, -0.15) is 0 Å². The first kappa shape index (κ1) is 37.1. The fraction of sp³-hybridized carbons (Fsp3) is 0.649. The molecule has 3 N–H and O–H groups in total. The minimum Gasteiger partial charge on any atom is -0.494 e. The first-order valence-electron chi connectivity index (χ1n) is 17.5. The van der Waals surface area contributed by atoms with Crippen molar-refractivity contribution in [1.82, 2.24) is 25.3 Å². The summed E-state index contributed by atoms with van der Waals surface area (Å²) < 4.78 is 12.6. The first-order chi connectivity index (χ1) is 22.8. The van der Waals surface area contributed by atoms with Gasteiger partial charge in [0, 0.05) is 32.4 Å². The van der Waals surface area contributed by atoms with Crippen LogP contribution in [0.1, 0.15) is 65.9 Å². The molecule has 266 valence electrons. The second-order valence-electron chi connectivity index (χ2n) is 14.3. The van der Waals surface area contributed by atoms with Crippen molar-refractivity contribution in [3.8, 4) is 0 Å². The van der Waals surface area contributed by atoms with Gasteiger partial charge in [-0.15, -0.1) is 0 Å². The summed E-state index contributed by atoms with van der Waals surface area (Å²) in [5.41, 5.74) is 2.86. The Morgan fingerprint density at radius 3 is 2.40 bits per heavy atom. The Kier molecular flexibility index (Phi) is 12.8. The Bertz CT molecular complexity index is 1310. The lowest BCUT2D eigenvalue weighted by atomic mass is 9.90. The molecule has 2 amide bonds. The van der Waals surface area contributed by atoms with Gasteiger partial charge in [0.05, 0.1) is 36.1 Å². The van der Waals surface area contributed by atoms with Gasteiger partial charge in [0.15, 0.2) is 0 Å². The molecule has 4 unspecified atom stereocenters. The van der Waals surface area contributed by atoms with Crippen LogP contribution in [-0.4, -0.2) is 108 Å². The van der Waals surface area contributed by atoms with E-state index in [1.807, 2.05) is 76.5 Å². The maximum atomic E-state index is 13.4. The van der Waals surface area contributed by atoms with Crippen LogP contribution in [0.25, 0.3) is 0 Å². The molecule has 48 heavy (non-hydrogen) atoms. The van der Waals surface area contributed by atoms with Gasteiger partial charge in [0.1, 0.15) is 30.8 Å². The molecule has 3 heterocycles. The van der Waals surface area contributed by atoms with Crippen LogP contribution in [-0.2, 0) is 30.3 Å². The molecule has 0 radical (unpaired) electrons. The fourth-order valence-electron chi connectivity index (χ4n) is 7.67. The summed E-state index contributed by atoms with van der Waals surface area (Å²) in [5.74, 6) is -0.903. The largest absolute Gasteiger partial charge is 0.494 e. The molecule has 0 saturated carbocycles. The van der Waals surface area contributed by atoms with E-state index >= 15 is 0 Å². The molecule has 1 saturated heterocycles. The van der Waals surface area contributed by atoms with Gasteiger partial charge in [0.2, 0.25) is 11.8 Å². The Hall–Kier alpha value is -3.73. The van der Waals surface area contributed by atoms with Gasteiger partial charge in [-0.1, -0.05) is 71.4 Å². The molecule has 1 fully saturated rings. The molecular formula is C37H57N5O6. The van der Waals surface area contributed by atoms with Gasteiger partial charge in [-0.3, -0.25) is 14.5 Å². The predicted octanol–water partition coefficient (Wildman–Crippen LogP) is 3.82. The number of carboxylic acid groups (broad SMARTS) is 1. The van der Waals surface area contributed by atoms with E-state index in [1.165, 1.54) is 0 Å². The van der Waals surface area contributed by atoms with Crippen LogP contribution >= 0.6 is 0 Å². The number of carboxylic acids is 1. The summed E-state index contributed by atoms with van der Waals surface area (Å²) in [6.45, 7) is 11.2. The molecule has 3 aliphatic rings. The van der Waals surface area contributed by atoms with Crippen LogP contribution in [0.3, 0.4) is 0 Å². The summed E-state index contributed by atoms with van der Waals surface area (Å²) in [6.07, 6.45) is 7.12. The Balaban J connectivity index is 1.37. The lowest BCUT2D eigenvalue weighted by Gasteiger charge is -2.37. The normalized spacial score (nSPS) is 24.7. The Labute approximate surface area is 286 Å². The van der Waals surface area contributed by atoms with Crippen molar-refractivity contribution in [1.29, 1.82) is 0 Å². The molecule has 0 spiro atoms. The standard InChI is InChI=1S/C37H57N5O6/c1-9-24(4)34(41(8)32(43)20-38-36(44)33(23(2)3)40(6)7)31-19-27(21-47-31)42-17-13-16-30(42)35-25(5)29(22-48-35)39-28(37(45)46)18-26-14-11-10-12-15-26/h10-12,14-15,21-25,28,30-31,33-35,39H,9,13,16-20H2,1-8H3,(H,38,44)(H,45,46)/t24?,25-,28-,30-,31?,33?,34?,35+/m0/s1. The molecular weight excluding hydrogens is 610 g/mol. The summed E-state index contributed by atoms with van der Waals surface area (Å²) >= 11 is 0. The number of rotatable bonds is 16. The first-order valence-corrected chi connectivity index (χ1v) is 17.5. The van der Waals surface area contributed by atoms with Crippen molar-refractivity contribution in [3.63, 3.8) is 0 Å². The van der Waals surface area contributed by atoms with Crippen molar-refractivity contribution in [2.75, 3.05) is 34.2 Å². The van der Waals surface area contributed by atoms with Crippen molar-refractivity contribution >= 4 is 17.8 Å². The maximum absolute atomic E-state index is 13.4. The number of carbonyl (C=O) groups is 3. The number of nitrogens with one attached hydrogen (secondary N) is 2. The molecule has 0 bridgehead atoms. The number of ether oxygens (including phenoxy) is 2. The SMILES string of the molecule is CCC(C)C(C1CC(N2CCC[C@H]2[C@@H]2OC=C(N[C@@H](Cc3ccccc3)C(=O)O)[C@@H]2C)=CO1)N(C)C(=O)CNC(=O)C(C(C)C)N(C)C. The molecule has 11 nitrogen and oxygen atoms in total. The third-order valence-corrected chi connectivity index (χ3v) is 10.4. The molecule has 1 aromatic carbocycles. The highest BCUT2D eigenvalue weighted by Crippen LogP contribution is 2.39. The fourth-order valence-corrected chi connectivity index (χ4v) is 7.67. The van der Waals surface area contributed by atoms with Crippen LogP contribution < -0.4 is 10.6 Å². The van der Waals surface area contributed by atoms with E-state index in [4.69, 9.17) is 9.47 Å². The average molecular weight is 668 g/mol. The Morgan fingerprint density at radius 2 is 1.77 bits per heavy atom. The van der Waals surface area contributed by atoms with Gasteiger partial charge >= 0.3 is 5.97 Å².